The van der Waals surface area contributed by atoms with Crippen LogP contribution in [0.2, 0.25) is 0 Å². The summed E-state index contributed by atoms with van der Waals surface area (Å²) in [4.78, 5) is 28.3. The fourth-order valence-electron chi connectivity index (χ4n) is 3.63. The van der Waals surface area contributed by atoms with Crippen molar-refractivity contribution in [3.8, 4) is 0 Å². The lowest BCUT2D eigenvalue weighted by atomic mass is 10.1. The molecule has 0 saturated carbocycles. The summed E-state index contributed by atoms with van der Waals surface area (Å²) >= 11 is 0. The van der Waals surface area contributed by atoms with Crippen LogP contribution in [0.1, 0.15) is 44.5 Å². The molecule has 3 rings (SSSR count). The number of piperidine rings is 1. The molecule has 0 bridgehead atoms. The fraction of sp³-hybridized carbons (Fsp3) is 0.722. The molecule has 2 aliphatic rings. The highest BCUT2D eigenvalue weighted by Gasteiger charge is 2.24. The van der Waals surface area contributed by atoms with Gasteiger partial charge < -0.3 is 10.2 Å². The molecule has 1 saturated heterocycles. The van der Waals surface area contributed by atoms with Crippen LogP contribution in [0.25, 0.3) is 0 Å². The van der Waals surface area contributed by atoms with E-state index >= 15 is 0 Å². The maximum Gasteiger partial charge on any atom is 0.311 e. The molecule has 0 atom stereocenters. The van der Waals surface area contributed by atoms with Crippen LogP contribution in [-0.4, -0.2) is 57.6 Å². The Balaban J connectivity index is 1.51. The number of carbonyl (C=O) groups excluding carboxylic acids is 2. The summed E-state index contributed by atoms with van der Waals surface area (Å²) in [5.41, 5.74) is 2.00. The zero-order valence-corrected chi connectivity index (χ0v) is 15.3. The van der Waals surface area contributed by atoms with Crippen molar-refractivity contribution in [1.82, 2.24) is 24.9 Å². The van der Waals surface area contributed by atoms with Crippen LogP contribution in [0.15, 0.2) is 6.07 Å². The standard InChI is InChI=1S/C18H29N5O2/c1-14(2)12-21-8-9-23-16(13-21)10-15(20-23)11-19-17(24)18(25)22-6-4-3-5-7-22/h10,14H,3-9,11-13H2,1-2H3,(H,19,24). The Labute approximate surface area is 149 Å². The molecule has 3 heterocycles. The van der Waals surface area contributed by atoms with Gasteiger partial charge in [0.25, 0.3) is 0 Å². The SMILES string of the molecule is CC(C)CN1CCn2nc(CNC(=O)C(=O)N3CCCCC3)cc2C1. The quantitative estimate of drug-likeness (QED) is 0.825. The first-order chi connectivity index (χ1) is 12.0. The largest absolute Gasteiger partial charge is 0.342 e. The highest BCUT2D eigenvalue weighted by atomic mass is 16.2. The van der Waals surface area contributed by atoms with E-state index in [2.05, 4.69) is 29.2 Å². The van der Waals surface area contributed by atoms with Crippen LogP contribution in [-0.2, 0) is 29.2 Å². The first-order valence-corrected chi connectivity index (χ1v) is 9.38. The van der Waals surface area contributed by atoms with Gasteiger partial charge in [-0.3, -0.25) is 19.2 Å². The molecule has 0 unspecified atom stereocenters. The highest BCUT2D eigenvalue weighted by Crippen LogP contribution is 2.15. The first-order valence-electron chi connectivity index (χ1n) is 9.38. The highest BCUT2D eigenvalue weighted by molar-refractivity contribution is 6.34. The molecule has 1 aromatic rings. The van der Waals surface area contributed by atoms with E-state index in [1.165, 1.54) is 5.69 Å². The lowest BCUT2D eigenvalue weighted by molar-refractivity contribution is -0.146. The number of nitrogens with one attached hydrogen (secondary N) is 1. The van der Waals surface area contributed by atoms with Crippen molar-refractivity contribution in [2.24, 2.45) is 5.92 Å². The van der Waals surface area contributed by atoms with Crippen molar-refractivity contribution < 1.29 is 9.59 Å². The Bertz CT molecular complexity index is 619. The zero-order chi connectivity index (χ0) is 17.8. The molecule has 0 spiro atoms. The minimum atomic E-state index is -0.519. The number of fused-ring (bicyclic) bond motifs is 1. The summed E-state index contributed by atoms with van der Waals surface area (Å²) in [5.74, 6) is -0.282. The lowest BCUT2D eigenvalue weighted by Gasteiger charge is -2.28. The Morgan fingerprint density at radius 2 is 1.92 bits per heavy atom. The van der Waals surface area contributed by atoms with Crippen molar-refractivity contribution in [2.45, 2.75) is 52.7 Å². The molecule has 7 nitrogen and oxygen atoms in total. The second-order valence-electron chi connectivity index (χ2n) is 7.51. The fourth-order valence-corrected chi connectivity index (χ4v) is 3.63. The number of amides is 2. The van der Waals surface area contributed by atoms with Gasteiger partial charge in [0.05, 0.1) is 24.5 Å². The van der Waals surface area contributed by atoms with Crippen LogP contribution in [0.4, 0.5) is 0 Å². The molecule has 1 aromatic heterocycles. The average Bonchev–Trinajstić information content (AvgIpc) is 3.01. The van der Waals surface area contributed by atoms with Crippen molar-refractivity contribution in [1.29, 1.82) is 0 Å². The predicted octanol–water partition coefficient (Wildman–Crippen LogP) is 0.983. The van der Waals surface area contributed by atoms with Gasteiger partial charge in [0.2, 0.25) is 0 Å². The van der Waals surface area contributed by atoms with Crippen molar-refractivity contribution in [3.05, 3.63) is 17.5 Å². The minimum Gasteiger partial charge on any atom is -0.342 e. The molecule has 1 N–H and O–H groups in total. The monoisotopic (exact) mass is 347 g/mol. The molecular formula is C18H29N5O2. The third-order valence-corrected chi connectivity index (χ3v) is 4.82. The van der Waals surface area contributed by atoms with Gasteiger partial charge in [-0.25, -0.2) is 0 Å². The Kier molecular flexibility index (Phi) is 5.73. The summed E-state index contributed by atoms with van der Waals surface area (Å²) < 4.78 is 2.02. The van der Waals surface area contributed by atoms with Gasteiger partial charge in [-0.2, -0.15) is 5.10 Å². The summed E-state index contributed by atoms with van der Waals surface area (Å²) in [6.45, 7) is 10.0. The summed E-state index contributed by atoms with van der Waals surface area (Å²) in [5, 5.41) is 7.29. The topological polar surface area (TPSA) is 70.5 Å². The van der Waals surface area contributed by atoms with Gasteiger partial charge >= 0.3 is 11.8 Å². The summed E-state index contributed by atoms with van der Waals surface area (Å²) in [7, 11) is 0. The third kappa shape index (κ3) is 4.60. The second-order valence-corrected chi connectivity index (χ2v) is 7.51. The number of rotatable bonds is 4. The molecule has 0 aromatic carbocycles. The van der Waals surface area contributed by atoms with E-state index in [0.717, 1.165) is 51.1 Å². The van der Waals surface area contributed by atoms with Crippen molar-refractivity contribution in [2.75, 3.05) is 26.2 Å². The van der Waals surface area contributed by atoms with Crippen LogP contribution in [0.3, 0.4) is 0 Å². The van der Waals surface area contributed by atoms with Gasteiger partial charge in [0, 0.05) is 32.7 Å². The molecule has 1 fully saturated rings. The Morgan fingerprint density at radius 3 is 2.64 bits per heavy atom. The second kappa shape index (κ2) is 7.99. The van der Waals surface area contributed by atoms with E-state index in [4.69, 9.17) is 0 Å². The molecule has 0 aliphatic carbocycles. The third-order valence-electron chi connectivity index (χ3n) is 4.82. The van der Waals surface area contributed by atoms with E-state index < -0.39 is 11.8 Å². The number of hydrogen-bond acceptors (Lipinski definition) is 4. The van der Waals surface area contributed by atoms with Gasteiger partial charge in [-0.15, -0.1) is 0 Å². The van der Waals surface area contributed by atoms with Crippen molar-refractivity contribution in [3.63, 3.8) is 0 Å². The molecule has 138 valence electrons. The number of carbonyl (C=O) groups is 2. The van der Waals surface area contributed by atoms with Crippen LogP contribution < -0.4 is 5.32 Å². The average molecular weight is 347 g/mol. The Hall–Kier alpha value is -1.89. The Morgan fingerprint density at radius 1 is 1.16 bits per heavy atom. The van der Waals surface area contributed by atoms with Gasteiger partial charge in [-0.05, 0) is 31.2 Å². The number of nitrogens with zero attached hydrogens (tertiary/aromatic N) is 4. The number of hydrogen-bond donors (Lipinski definition) is 1. The van der Waals surface area contributed by atoms with Crippen molar-refractivity contribution >= 4 is 11.8 Å². The molecule has 0 radical (unpaired) electrons. The van der Waals surface area contributed by atoms with E-state index in [1.54, 1.807) is 4.90 Å². The maximum absolute atomic E-state index is 12.1. The van der Waals surface area contributed by atoms with E-state index in [0.29, 0.717) is 25.6 Å². The first kappa shape index (κ1) is 17.9. The van der Waals surface area contributed by atoms with Crippen LogP contribution in [0, 0.1) is 5.92 Å². The molecule has 7 heteroatoms. The smallest absolute Gasteiger partial charge is 0.311 e. The summed E-state index contributed by atoms with van der Waals surface area (Å²) in [6, 6.07) is 2.04. The zero-order valence-electron chi connectivity index (χ0n) is 15.3. The number of aromatic nitrogens is 2. The molecular weight excluding hydrogens is 318 g/mol. The van der Waals surface area contributed by atoms with Crippen LogP contribution >= 0.6 is 0 Å². The van der Waals surface area contributed by atoms with E-state index in [-0.39, 0.29) is 0 Å². The number of likely N-dealkylation sites (tertiary alicyclic amines) is 1. The van der Waals surface area contributed by atoms with Gasteiger partial charge in [0.1, 0.15) is 0 Å². The minimum absolute atomic E-state index is 0.308. The van der Waals surface area contributed by atoms with E-state index in [9.17, 15) is 9.59 Å². The van der Waals surface area contributed by atoms with Gasteiger partial charge in [0.15, 0.2) is 0 Å². The maximum atomic E-state index is 12.1. The molecule has 2 amide bonds. The predicted molar refractivity (Wildman–Crippen MR) is 94.6 cm³/mol. The van der Waals surface area contributed by atoms with E-state index in [1.807, 2.05) is 10.7 Å². The lowest BCUT2D eigenvalue weighted by Crippen LogP contribution is -2.45. The molecule has 2 aliphatic heterocycles. The summed E-state index contributed by atoms with van der Waals surface area (Å²) in [6.07, 6.45) is 3.11. The van der Waals surface area contributed by atoms with Crippen LogP contribution in [0.5, 0.6) is 0 Å². The molecule has 25 heavy (non-hydrogen) atoms. The van der Waals surface area contributed by atoms with Gasteiger partial charge in [-0.1, -0.05) is 13.8 Å². The normalized spacial score (nSPS) is 18.3.